The van der Waals surface area contributed by atoms with Crippen molar-refractivity contribution in [3.05, 3.63) is 119 Å². The third kappa shape index (κ3) is 4.52. The molecule has 0 saturated heterocycles. The molecule has 1 N–H and O–H groups in total. The van der Waals surface area contributed by atoms with Crippen LogP contribution in [0, 0.1) is 20.8 Å². The normalized spacial score (nSPS) is 15.1. The minimum Gasteiger partial charge on any atom is -0.493 e. The Kier molecular flexibility index (Phi) is 6.46. The largest absolute Gasteiger partial charge is 0.493 e. The van der Waals surface area contributed by atoms with E-state index in [9.17, 15) is 0 Å². The summed E-state index contributed by atoms with van der Waals surface area (Å²) in [6, 6.07) is 30.5. The number of nitrogens with one attached hydrogen (secondary N) is 1. The number of para-hydroxylation sites is 3. The first-order valence-electron chi connectivity index (χ1n) is 14.2. The SMILES string of the molecule is COc1ccc([C@H]2c3c(C)nn(-c4ccccc4)c3N=C3C(Nc4cc(C)cc(C)c4)=Nc4ccccc4N32)cc1OC. The minimum atomic E-state index is -0.271. The lowest BCUT2D eigenvalue weighted by Gasteiger charge is -2.40. The lowest BCUT2D eigenvalue weighted by Crippen LogP contribution is -2.46. The fraction of sp³-hybridized carbons (Fsp3) is 0.171. The van der Waals surface area contributed by atoms with Crippen molar-refractivity contribution in [2.75, 3.05) is 24.4 Å². The van der Waals surface area contributed by atoms with Crippen LogP contribution in [0.1, 0.15) is 34.0 Å². The maximum absolute atomic E-state index is 5.76. The van der Waals surface area contributed by atoms with E-state index in [-0.39, 0.29) is 6.04 Å². The van der Waals surface area contributed by atoms with Gasteiger partial charge in [-0.3, -0.25) is 0 Å². The van der Waals surface area contributed by atoms with Crippen molar-refractivity contribution in [2.45, 2.75) is 26.8 Å². The molecule has 214 valence electrons. The van der Waals surface area contributed by atoms with Gasteiger partial charge in [-0.2, -0.15) is 5.10 Å². The second-order valence-electron chi connectivity index (χ2n) is 10.8. The Balaban J connectivity index is 1.50. The summed E-state index contributed by atoms with van der Waals surface area (Å²) in [6.45, 7) is 6.24. The second kappa shape index (κ2) is 10.5. The molecule has 7 rings (SSSR count). The molecule has 2 aliphatic heterocycles. The number of nitrogens with zero attached hydrogens (tertiary/aromatic N) is 5. The summed E-state index contributed by atoms with van der Waals surface area (Å²) in [5, 5.41) is 8.64. The molecule has 0 aliphatic carbocycles. The highest BCUT2D eigenvalue weighted by atomic mass is 16.5. The van der Waals surface area contributed by atoms with E-state index >= 15 is 0 Å². The molecule has 0 spiro atoms. The highest BCUT2D eigenvalue weighted by Crippen LogP contribution is 2.49. The van der Waals surface area contributed by atoms with Crippen molar-refractivity contribution in [3.63, 3.8) is 0 Å². The molecular formula is C35H32N6O2. The zero-order valence-electron chi connectivity index (χ0n) is 24.8. The van der Waals surface area contributed by atoms with Crippen molar-refractivity contribution < 1.29 is 9.47 Å². The molecule has 1 aromatic heterocycles. The Morgan fingerprint density at radius 2 is 1.47 bits per heavy atom. The van der Waals surface area contributed by atoms with Crippen LogP contribution >= 0.6 is 0 Å². The number of methoxy groups -OCH3 is 2. The molecule has 0 saturated carbocycles. The van der Waals surface area contributed by atoms with E-state index in [2.05, 4.69) is 54.4 Å². The van der Waals surface area contributed by atoms with E-state index < -0.39 is 0 Å². The van der Waals surface area contributed by atoms with Gasteiger partial charge >= 0.3 is 0 Å². The standard InChI is InChI=1S/C35H32N6O2/c1-21-17-22(2)19-25(18-21)36-33-35-38-34-31(23(3)39-41(34)26-11-7-6-8-12-26)32(24-15-16-29(42-4)30(20-24)43-5)40(35)28-14-10-9-13-27(28)37-33/h6-20,32H,1-5H3,(H,36,37)/t32-/m0/s1. The predicted octanol–water partition coefficient (Wildman–Crippen LogP) is 7.61. The molecule has 0 amide bonds. The molecule has 1 atom stereocenters. The number of aromatic nitrogens is 2. The fourth-order valence-corrected chi connectivity index (χ4v) is 6.07. The topological polar surface area (TPSA) is 76.3 Å². The zero-order valence-corrected chi connectivity index (χ0v) is 24.8. The molecule has 8 nitrogen and oxygen atoms in total. The smallest absolute Gasteiger partial charge is 0.179 e. The number of fused-ring (bicyclic) bond motifs is 4. The van der Waals surface area contributed by atoms with Gasteiger partial charge in [-0.15, -0.1) is 0 Å². The van der Waals surface area contributed by atoms with Gasteiger partial charge in [0.2, 0.25) is 0 Å². The maximum atomic E-state index is 5.76. The third-order valence-corrected chi connectivity index (χ3v) is 7.85. The molecule has 2 aliphatic rings. The van der Waals surface area contributed by atoms with Crippen molar-refractivity contribution in [1.29, 1.82) is 0 Å². The number of amidine groups is 2. The van der Waals surface area contributed by atoms with Crippen LogP contribution in [0.5, 0.6) is 11.5 Å². The highest BCUT2D eigenvalue weighted by molar-refractivity contribution is 6.51. The van der Waals surface area contributed by atoms with Gasteiger partial charge in [0.15, 0.2) is 29.0 Å². The molecule has 0 fully saturated rings. The van der Waals surface area contributed by atoms with E-state index in [0.717, 1.165) is 45.4 Å². The summed E-state index contributed by atoms with van der Waals surface area (Å²) in [5.41, 5.74) is 8.99. The number of benzene rings is 4. The van der Waals surface area contributed by atoms with Gasteiger partial charge in [0.05, 0.1) is 43.0 Å². The average Bonchev–Trinajstić information content (AvgIpc) is 3.35. The van der Waals surface area contributed by atoms with Gasteiger partial charge in [0, 0.05) is 11.3 Å². The first-order valence-corrected chi connectivity index (χ1v) is 14.2. The summed E-state index contributed by atoms with van der Waals surface area (Å²) in [5.74, 6) is 3.47. The van der Waals surface area contributed by atoms with Gasteiger partial charge in [-0.1, -0.05) is 42.5 Å². The fourth-order valence-electron chi connectivity index (χ4n) is 6.07. The third-order valence-electron chi connectivity index (χ3n) is 7.85. The number of rotatable bonds is 5. The Morgan fingerprint density at radius 1 is 0.744 bits per heavy atom. The van der Waals surface area contributed by atoms with Crippen LogP contribution in [-0.4, -0.2) is 35.7 Å². The number of hydrogen-bond acceptors (Lipinski definition) is 7. The summed E-state index contributed by atoms with van der Waals surface area (Å²) in [6.07, 6.45) is 0. The van der Waals surface area contributed by atoms with E-state index in [1.54, 1.807) is 14.2 Å². The van der Waals surface area contributed by atoms with Crippen LogP contribution in [0.15, 0.2) is 101 Å². The van der Waals surface area contributed by atoms with E-state index in [1.165, 1.54) is 11.1 Å². The van der Waals surface area contributed by atoms with Crippen LogP contribution in [0.4, 0.5) is 22.9 Å². The lowest BCUT2D eigenvalue weighted by molar-refractivity contribution is 0.354. The van der Waals surface area contributed by atoms with Crippen molar-refractivity contribution in [3.8, 4) is 17.2 Å². The highest BCUT2D eigenvalue weighted by Gasteiger charge is 2.41. The number of aryl methyl sites for hydroxylation is 3. The summed E-state index contributed by atoms with van der Waals surface area (Å²) in [4.78, 5) is 12.7. The number of anilines is 2. The van der Waals surface area contributed by atoms with Crippen LogP contribution in [0.25, 0.3) is 5.69 Å². The molecule has 0 unspecified atom stereocenters. The Bertz CT molecular complexity index is 1900. The Labute approximate surface area is 251 Å². The molecule has 0 radical (unpaired) electrons. The summed E-state index contributed by atoms with van der Waals surface area (Å²) in [7, 11) is 3.31. The molecule has 0 bridgehead atoms. The van der Waals surface area contributed by atoms with Crippen LogP contribution in [0.2, 0.25) is 0 Å². The quantitative estimate of drug-likeness (QED) is 0.236. The Hall–Kier alpha value is -5.37. The first kappa shape index (κ1) is 26.5. The van der Waals surface area contributed by atoms with Crippen LogP contribution < -0.4 is 19.7 Å². The van der Waals surface area contributed by atoms with Crippen molar-refractivity contribution in [2.24, 2.45) is 9.98 Å². The van der Waals surface area contributed by atoms with E-state index in [0.29, 0.717) is 23.2 Å². The predicted molar refractivity (Wildman–Crippen MR) is 172 cm³/mol. The summed E-state index contributed by atoms with van der Waals surface area (Å²) < 4.78 is 13.3. The number of aliphatic imine (C=N–C) groups is 2. The Morgan fingerprint density at radius 3 is 2.21 bits per heavy atom. The molecule has 5 aromatic rings. The minimum absolute atomic E-state index is 0.271. The van der Waals surface area contributed by atoms with E-state index in [4.69, 9.17) is 24.6 Å². The first-order chi connectivity index (χ1) is 20.9. The molecule has 43 heavy (non-hydrogen) atoms. The average molecular weight is 569 g/mol. The van der Waals surface area contributed by atoms with E-state index in [1.807, 2.05) is 72.3 Å². The van der Waals surface area contributed by atoms with Crippen molar-refractivity contribution >= 4 is 34.6 Å². The lowest BCUT2D eigenvalue weighted by atomic mass is 9.93. The molecule has 4 aromatic carbocycles. The van der Waals surface area contributed by atoms with Crippen molar-refractivity contribution in [1.82, 2.24) is 9.78 Å². The molecule has 3 heterocycles. The summed E-state index contributed by atoms with van der Waals surface area (Å²) >= 11 is 0. The molecule has 8 heteroatoms. The monoisotopic (exact) mass is 568 g/mol. The van der Waals surface area contributed by atoms with Gasteiger partial charge < -0.3 is 19.7 Å². The molecular weight excluding hydrogens is 536 g/mol. The van der Waals surface area contributed by atoms with Gasteiger partial charge in [0.1, 0.15) is 0 Å². The zero-order chi connectivity index (χ0) is 29.7. The van der Waals surface area contributed by atoms with Crippen LogP contribution in [-0.2, 0) is 0 Å². The van der Waals surface area contributed by atoms with Gasteiger partial charge in [0.25, 0.3) is 0 Å². The second-order valence-corrected chi connectivity index (χ2v) is 10.8. The van der Waals surface area contributed by atoms with Gasteiger partial charge in [-0.25, -0.2) is 14.7 Å². The number of hydrogen-bond donors (Lipinski definition) is 1. The van der Waals surface area contributed by atoms with Crippen LogP contribution in [0.3, 0.4) is 0 Å². The maximum Gasteiger partial charge on any atom is 0.179 e. The number of ether oxygens (including phenoxy) is 2. The van der Waals surface area contributed by atoms with Gasteiger partial charge in [-0.05, 0) is 86.0 Å².